The molecule has 1 aromatic heterocycles. The van der Waals surface area contributed by atoms with Gasteiger partial charge in [0.2, 0.25) is 5.91 Å². The number of esters is 1. The van der Waals surface area contributed by atoms with Crippen molar-refractivity contribution in [2.45, 2.75) is 31.6 Å². The lowest BCUT2D eigenvalue weighted by Crippen LogP contribution is -2.44. The van der Waals surface area contributed by atoms with Crippen LogP contribution in [0, 0.1) is 11.7 Å². The van der Waals surface area contributed by atoms with Gasteiger partial charge < -0.3 is 10.1 Å². The molecule has 0 fully saturated rings. The molecule has 0 spiro atoms. The highest BCUT2D eigenvalue weighted by atomic mass is 32.1. The van der Waals surface area contributed by atoms with E-state index in [1.54, 1.807) is 19.1 Å². The fraction of sp³-hybridized carbons (Fsp3) is 0.318. The zero-order valence-corrected chi connectivity index (χ0v) is 16.6. The quantitative estimate of drug-likeness (QED) is 0.613. The van der Waals surface area contributed by atoms with Crippen LogP contribution in [-0.2, 0) is 19.1 Å². The molecule has 7 heteroatoms. The Morgan fingerprint density at radius 2 is 1.97 bits per heavy atom. The van der Waals surface area contributed by atoms with E-state index in [1.165, 1.54) is 23.5 Å². The van der Waals surface area contributed by atoms with E-state index in [1.807, 2.05) is 17.5 Å². The molecule has 0 unspecified atom stereocenters. The van der Waals surface area contributed by atoms with Crippen LogP contribution in [0.3, 0.4) is 0 Å². The van der Waals surface area contributed by atoms with Crippen LogP contribution in [-0.4, -0.2) is 24.3 Å². The van der Waals surface area contributed by atoms with Crippen LogP contribution in [0.15, 0.2) is 53.0 Å². The number of carbonyl (C=O) groups is 3. The Hall–Kier alpha value is -2.80. The molecule has 1 N–H and O–H groups in total. The molecule has 0 bridgehead atoms. The number of benzene rings is 1. The number of hydrogen-bond acceptors (Lipinski definition) is 5. The van der Waals surface area contributed by atoms with Crippen LogP contribution < -0.4 is 5.32 Å². The van der Waals surface area contributed by atoms with Gasteiger partial charge in [0.1, 0.15) is 11.7 Å². The smallest absolute Gasteiger partial charge is 0.317 e. The van der Waals surface area contributed by atoms with Crippen molar-refractivity contribution < 1.29 is 23.5 Å². The van der Waals surface area contributed by atoms with Crippen molar-refractivity contribution >= 4 is 29.0 Å². The number of ketones is 1. The zero-order valence-electron chi connectivity index (χ0n) is 15.8. The SMILES string of the molecule is CCOC(=O)[C@@H]1C(=O)C2=C(C[C@@H]1c1cccs1)NC(=O)C[C@H]2c1ccc(F)cc1. The maximum absolute atomic E-state index is 13.6. The average Bonchev–Trinajstić information content (AvgIpc) is 3.22. The fourth-order valence-electron chi connectivity index (χ4n) is 4.20. The Bertz CT molecular complexity index is 981. The molecule has 2 aromatic rings. The molecule has 29 heavy (non-hydrogen) atoms. The maximum Gasteiger partial charge on any atom is 0.317 e. The number of carbonyl (C=O) groups excluding carboxylic acids is 3. The van der Waals surface area contributed by atoms with E-state index in [0.717, 1.165) is 4.88 Å². The Morgan fingerprint density at radius 1 is 1.21 bits per heavy atom. The molecule has 5 nitrogen and oxygen atoms in total. The summed E-state index contributed by atoms with van der Waals surface area (Å²) >= 11 is 1.47. The minimum Gasteiger partial charge on any atom is -0.465 e. The third kappa shape index (κ3) is 3.62. The number of allylic oxidation sites excluding steroid dienone is 2. The van der Waals surface area contributed by atoms with Gasteiger partial charge in [-0.05, 0) is 42.5 Å². The van der Waals surface area contributed by atoms with Crippen molar-refractivity contribution in [2.75, 3.05) is 6.61 Å². The third-order valence-corrected chi connectivity index (χ3v) is 6.45. The molecule has 1 aliphatic heterocycles. The van der Waals surface area contributed by atoms with Crippen molar-refractivity contribution in [3.63, 3.8) is 0 Å². The van der Waals surface area contributed by atoms with Gasteiger partial charge in [0.15, 0.2) is 5.78 Å². The monoisotopic (exact) mass is 413 g/mol. The van der Waals surface area contributed by atoms with E-state index in [9.17, 15) is 18.8 Å². The summed E-state index contributed by atoms with van der Waals surface area (Å²) in [7, 11) is 0. The van der Waals surface area contributed by atoms with Gasteiger partial charge in [0.05, 0.1) is 6.61 Å². The number of amides is 1. The van der Waals surface area contributed by atoms with E-state index >= 15 is 0 Å². The normalized spacial score (nSPS) is 24.1. The summed E-state index contributed by atoms with van der Waals surface area (Å²) in [5, 5.41) is 4.74. The fourth-order valence-corrected chi connectivity index (χ4v) is 5.07. The summed E-state index contributed by atoms with van der Waals surface area (Å²) in [6.07, 6.45) is 0.448. The predicted molar refractivity (Wildman–Crippen MR) is 106 cm³/mol. The largest absolute Gasteiger partial charge is 0.465 e. The Morgan fingerprint density at radius 3 is 2.62 bits per heavy atom. The number of ether oxygens (including phenoxy) is 1. The van der Waals surface area contributed by atoms with Gasteiger partial charge in [-0.15, -0.1) is 11.3 Å². The summed E-state index contributed by atoms with van der Waals surface area (Å²) in [6, 6.07) is 9.56. The van der Waals surface area contributed by atoms with Crippen molar-refractivity contribution in [3.05, 3.63) is 69.3 Å². The summed E-state index contributed by atoms with van der Waals surface area (Å²) in [4.78, 5) is 39.6. The number of rotatable bonds is 4. The number of Topliss-reactive ketones (excluding diaryl/α,β-unsaturated/α-hetero) is 1. The number of nitrogens with one attached hydrogen (secondary N) is 1. The third-order valence-electron chi connectivity index (χ3n) is 5.45. The Balaban J connectivity index is 1.80. The van der Waals surface area contributed by atoms with Crippen LogP contribution in [0.4, 0.5) is 4.39 Å². The molecule has 1 aliphatic carbocycles. The summed E-state index contributed by atoms with van der Waals surface area (Å²) < 4.78 is 18.6. The second-order valence-electron chi connectivity index (χ2n) is 7.17. The number of hydrogen-bond donors (Lipinski definition) is 1. The van der Waals surface area contributed by atoms with E-state index in [2.05, 4.69) is 5.32 Å². The predicted octanol–water partition coefficient (Wildman–Crippen LogP) is 3.68. The highest BCUT2D eigenvalue weighted by molar-refractivity contribution is 7.10. The lowest BCUT2D eigenvalue weighted by Gasteiger charge is -2.37. The standard InChI is InChI=1S/C22H20FNO4S/c1-2-28-22(27)20-15(17-4-3-9-29-17)10-16-19(21(20)26)14(11-18(25)24-16)12-5-7-13(23)8-6-12/h3-9,14-15,20H,2,10-11H2,1H3,(H,24,25)/t14-,15+,20-/m0/s1. The van der Waals surface area contributed by atoms with Gasteiger partial charge in [0, 0.05) is 34.4 Å². The molecule has 1 amide bonds. The molecule has 2 aliphatic rings. The van der Waals surface area contributed by atoms with Gasteiger partial charge >= 0.3 is 5.97 Å². The van der Waals surface area contributed by atoms with Gasteiger partial charge in [-0.1, -0.05) is 18.2 Å². The second-order valence-corrected chi connectivity index (χ2v) is 8.15. The highest BCUT2D eigenvalue weighted by Crippen LogP contribution is 2.46. The zero-order chi connectivity index (χ0) is 20.5. The lowest BCUT2D eigenvalue weighted by molar-refractivity contribution is -0.152. The molecule has 150 valence electrons. The van der Waals surface area contributed by atoms with E-state index in [4.69, 9.17) is 4.74 Å². The summed E-state index contributed by atoms with van der Waals surface area (Å²) in [5.74, 6) is -3.29. The number of halogens is 1. The van der Waals surface area contributed by atoms with Gasteiger partial charge in [-0.3, -0.25) is 14.4 Å². The van der Waals surface area contributed by atoms with Crippen LogP contribution in [0.25, 0.3) is 0 Å². The highest BCUT2D eigenvalue weighted by Gasteiger charge is 2.47. The van der Waals surface area contributed by atoms with Crippen molar-refractivity contribution in [1.29, 1.82) is 0 Å². The minimum atomic E-state index is -0.953. The van der Waals surface area contributed by atoms with E-state index in [-0.39, 0.29) is 36.5 Å². The average molecular weight is 413 g/mol. The minimum absolute atomic E-state index is 0.0788. The molecule has 0 saturated carbocycles. The first-order valence-electron chi connectivity index (χ1n) is 9.52. The molecule has 1 aromatic carbocycles. The first-order valence-corrected chi connectivity index (χ1v) is 10.4. The second kappa shape index (κ2) is 7.91. The molecule has 4 rings (SSSR count). The molecular formula is C22H20FNO4S. The van der Waals surface area contributed by atoms with Crippen molar-refractivity contribution in [2.24, 2.45) is 5.92 Å². The Kier molecular flexibility index (Phi) is 5.32. The van der Waals surface area contributed by atoms with Crippen LogP contribution in [0.2, 0.25) is 0 Å². The summed E-state index contributed by atoms with van der Waals surface area (Å²) in [5.41, 5.74) is 1.67. The molecule has 2 heterocycles. The van der Waals surface area contributed by atoms with E-state index < -0.39 is 17.8 Å². The lowest BCUT2D eigenvalue weighted by atomic mass is 9.69. The van der Waals surface area contributed by atoms with Gasteiger partial charge in [0.25, 0.3) is 0 Å². The van der Waals surface area contributed by atoms with Crippen molar-refractivity contribution in [1.82, 2.24) is 5.32 Å². The number of thiophene rings is 1. The van der Waals surface area contributed by atoms with Gasteiger partial charge in [-0.2, -0.15) is 0 Å². The summed E-state index contributed by atoms with van der Waals surface area (Å²) in [6.45, 7) is 1.89. The molecule has 0 radical (unpaired) electrons. The van der Waals surface area contributed by atoms with Gasteiger partial charge in [-0.25, -0.2) is 4.39 Å². The van der Waals surface area contributed by atoms with Crippen LogP contribution in [0.1, 0.15) is 42.0 Å². The first-order chi connectivity index (χ1) is 14.0. The van der Waals surface area contributed by atoms with E-state index in [0.29, 0.717) is 23.3 Å². The molecular weight excluding hydrogens is 393 g/mol. The molecule has 3 atom stereocenters. The van der Waals surface area contributed by atoms with Crippen LogP contribution in [0.5, 0.6) is 0 Å². The first kappa shape index (κ1) is 19.5. The van der Waals surface area contributed by atoms with Crippen molar-refractivity contribution in [3.8, 4) is 0 Å². The Labute approximate surface area is 171 Å². The topological polar surface area (TPSA) is 72.5 Å². The molecule has 0 saturated heterocycles. The maximum atomic E-state index is 13.6. The van der Waals surface area contributed by atoms with Crippen LogP contribution >= 0.6 is 11.3 Å².